The predicted molar refractivity (Wildman–Crippen MR) is 92.6 cm³/mol. The number of nitrogens with one attached hydrogen (secondary N) is 1. The molecule has 0 spiro atoms. The highest BCUT2D eigenvalue weighted by atomic mass is 79.9. The van der Waals surface area contributed by atoms with Gasteiger partial charge in [0.1, 0.15) is 0 Å². The maximum absolute atomic E-state index is 12.2. The Morgan fingerprint density at radius 2 is 1.90 bits per heavy atom. The Hall–Kier alpha value is -1.33. The van der Waals surface area contributed by atoms with Crippen molar-refractivity contribution in [3.63, 3.8) is 0 Å². The highest BCUT2D eigenvalue weighted by molar-refractivity contribution is 9.11. The molecule has 0 radical (unpaired) electrons. The molecular formula is C16H17BrN2OS. The maximum Gasteiger partial charge on any atom is 0.265 e. The number of carbonyl (C=O) groups is 1. The Morgan fingerprint density at radius 3 is 2.48 bits per heavy atom. The molecule has 2 heterocycles. The van der Waals surface area contributed by atoms with E-state index in [0.717, 1.165) is 33.0 Å². The minimum atomic E-state index is -0.0530. The summed E-state index contributed by atoms with van der Waals surface area (Å²) in [5.74, 6) is -0.0530. The molecular weight excluding hydrogens is 348 g/mol. The number of carbonyl (C=O) groups excluding carboxylic acids is 1. The quantitative estimate of drug-likeness (QED) is 0.857. The summed E-state index contributed by atoms with van der Waals surface area (Å²) in [4.78, 5) is 15.3. The number of thiophene rings is 1. The fourth-order valence-electron chi connectivity index (χ4n) is 2.50. The van der Waals surface area contributed by atoms with Gasteiger partial charge >= 0.3 is 0 Å². The lowest BCUT2D eigenvalue weighted by atomic mass is 10.2. The molecule has 1 fully saturated rings. The van der Waals surface area contributed by atoms with E-state index in [2.05, 4.69) is 38.3 Å². The molecule has 0 atom stereocenters. The molecule has 1 aliphatic heterocycles. The van der Waals surface area contributed by atoms with Gasteiger partial charge in [-0.1, -0.05) is 0 Å². The Balaban J connectivity index is 1.68. The highest BCUT2D eigenvalue weighted by Gasteiger charge is 2.13. The van der Waals surface area contributed by atoms with Crippen LogP contribution in [-0.2, 0) is 0 Å². The van der Waals surface area contributed by atoms with Crippen LogP contribution in [0.2, 0.25) is 0 Å². The first-order valence-corrected chi connectivity index (χ1v) is 8.67. The van der Waals surface area contributed by atoms with E-state index in [1.165, 1.54) is 29.9 Å². The second kappa shape index (κ2) is 6.20. The van der Waals surface area contributed by atoms with Crippen molar-refractivity contribution < 1.29 is 4.79 Å². The number of anilines is 2. The van der Waals surface area contributed by atoms with Gasteiger partial charge in [0.25, 0.3) is 5.91 Å². The Bertz CT molecular complexity index is 625. The van der Waals surface area contributed by atoms with Gasteiger partial charge in [-0.3, -0.25) is 4.79 Å². The van der Waals surface area contributed by atoms with E-state index in [0.29, 0.717) is 0 Å². The van der Waals surface area contributed by atoms with Gasteiger partial charge in [-0.2, -0.15) is 0 Å². The van der Waals surface area contributed by atoms with Gasteiger partial charge in [0.05, 0.1) is 8.66 Å². The first-order valence-electron chi connectivity index (χ1n) is 7.06. The normalized spacial score (nSPS) is 14.5. The van der Waals surface area contributed by atoms with Crippen molar-refractivity contribution in [2.24, 2.45) is 0 Å². The average Bonchev–Trinajstić information content (AvgIpc) is 3.11. The van der Waals surface area contributed by atoms with Crippen LogP contribution in [-0.4, -0.2) is 19.0 Å². The number of rotatable bonds is 3. The van der Waals surface area contributed by atoms with Crippen molar-refractivity contribution in [3.8, 4) is 0 Å². The smallest absolute Gasteiger partial charge is 0.265 e. The Kier molecular flexibility index (Phi) is 4.31. The zero-order valence-corrected chi connectivity index (χ0v) is 14.3. The van der Waals surface area contributed by atoms with Crippen LogP contribution >= 0.6 is 27.3 Å². The first-order chi connectivity index (χ1) is 10.1. The van der Waals surface area contributed by atoms with Crippen molar-refractivity contribution in [3.05, 3.63) is 44.6 Å². The van der Waals surface area contributed by atoms with Gasteiger partial charge in [-0.05, 0) is 71.6 Å². The number of aryl methyl sites for hydroxylation is 1. The predicted octanol–water partition coefficient (Wildman–Crippen LogP) is 4.67. The lowest BCUT2D eigenvalue weighted by molar-refractivity contribution is 0.103. The third-order valence-electron chi connectivity index (χ3n) is 3.68. The van der Waals surface area contributed by atoms with Crippen LogP contribution in [0.1, 0.15) is 28.1 Å². The van der Waals surface area contributed by atoms with Crippen LogP contribution in [0.4, 0.5) is 11.4 Å². The first kappa shape index (κ1) is 14.6. The van der Waals surface area contributed by atoms with Gasteiger partial charge in [-0.25, -0.2) is 0 Å². The fraction of sp³-hybridized carbons (Fsp3) is 0.312. The zero-order chi connectivity index (χ0) is 14.8. The summed E-state index contributed by atoms with van der Waals surface area (Å²) in [7, 11) is 0. The van der Waals surface area contributed by atoms with Gasteiger partial charge in [0, 0.05) is 24.5 Å². The molecule has 110 valence electrons. The van der Waals surface area contributed by atoms with E-state index in [1.54, 1.807) is 0 Å². The van der Waals surface area contributed by atoms with E-state index in [1.807, 2.05) is 25.1 Å². The highest BCUT2D eigenvalue weighted by Crippen LogP contribution is 2.28. The summed E-state index contributed by atoms with van der Waals surface area (Å²) in [5, 5.41) is 2.95. The minimum Gasteiger partial charge on any atom is -0.372 e. The third kappa shape index (κ3) is 3.30. The maximum atomic E-state index is 12.2. The summed E-state index contributed by atoms with van der Waals surface area (Å²) in [6.45, 7) is 4.25. The summed E-state index contributed by atoms with van der Waals surface area (Å²) >= 11 is 4.91. The number of halogens is 1. The van der Waals surface area contributed by atoms with Crippen molar-refractivity contribution in [2.75, 3.05) is 23.3 Å². The number of hydrogen-bond donors (Lipinski definition) is 1. The summed E-state index contributed by atoms with van der Waals surface area (Å²) < 4.78 is 1.01. The van der Waals surface area contributed by atoms with Gasteiger partial charge in [0.2, 0.25) is 0 Å². The molecule has 1 aromatic heterocycles. The van der Waals surface area contributed by atoms with E-state index in [9.17, 15) is 4.79 Å². The molecule has 0 bridgehead atoms. The summed E-state index contributed by atoms with van der Waals surface area (Å²) in [5.41, 5.74) is 3.17. The second-order valence-electron chi connectivity index (χ2n) is 5.26. The Labute approximate surface area is 137 Å². The largest absolute Gasteiger partial charge is 0.372 e. The molecule has 0 unspecified atom stereocenters. The molecule has 1 saturated heterocycles. The molecule has 2 aromatic rings. The lowest BCUT2D eigenvalue weighted by Gasteiger charge is -2.17. The van der Waals surface area contributed by atoms with Crippen LogP contribution < -0.4 is 10.2 Å². The molecule has 21 heavy (non-hydrogen) atoms. The van der Waals surface area contributed by atoms with Gasteiger partial charge in [-0.15, -0.1) is 11.3 Å². The SMILES string of the molecule is Cc1cc(C(=O)Nc2ccc(N3CCCC3)cc2)sc1Br. The molecule has 5 heteroatoms. The molecule has 1 amide bonds. The fourth-order valence-corrected chi connectivity index (χ4v) is 3.93. The lowest BCUT2D eigenvalue weighted by Crippen LogP contribution is -2.17. The Morgan fingerprint density at radius 1 is 1.24 bits per heavy atom. The monoisotopic (exact) mass is 364 g/mol. The molecule has 3 nitrogen and oxygen atoms in total. The van der Waals surface area contributed by atoms with Crippen LogP contribution in [0, 0.1) is 6.92 Å². The van der Waals surface area contributed by atoms with Crippen molar-refractivity contribution in [1.29, 1.82) is 0 Å². The van der Waals surface area contributed by atoms with Crippen LogP contribution in [0.15, 0.2) is 34.1 Å². The summed E-state index contributed by atoms with van der Waals surface area (Å²) in [6.07, 6.45) is 2.54. The van der Waals surface area contributed by atoms with Gasteiger partial charge in [0.15, 0.2) is 0 Å². The minimum absolute atomic E-state index is 0.0530. The zero-order valence-electron chi connectivity index (χ0n) is 11.9. The van der Waals surface area contributed by atoms with E-state index in [4.69, 9.17) is 0 Å². The van der Waals surface area contributed by atoms with Gasteiger partial charge < -0.3 is 10.2 Å². The molecule has 0 aliphatic carbocycles. The number of benzene rings is 1. The molecule has 1 aliphatic rings. The topological polar surface area (TPSA) is 32.3 Å². The van der Waals surface area contributed by atoms with E-state index < -0.39 is 0 Å². The number of amides is 1. The number of nitrogens with zero attached hydrogens (tertiary/aromatic N) is 1. The number of hydrogen-bond acceptors (Lipinski definition) is 3. The third-order valence-corrected chi connectivity index (χ3v) is 5.81. The molecule has 1 aromatic carbocycles. The molecule has 1 N–H and O–H groups in total. The van der Waals surface area contributed by atoms with E-state index in [-0.39, 0.29) is 5.91 Å². The molecule has 0 saturated carbocycles. The van der Waals surface area contributed by atoms with E-state index >= 15 is 0 Å². The molecule has 3 rings (SSSR count). The van der Waals surface area contributed by atoms with Crippen LogP contribution in [0.5, 0.6) is 0 Å². The van der Waals surface area contributed by atoms with Crippen molar-refractivity contribution in [1.82, 2.24) is 0 Å². The summed E-state index contributed by atoms with van der Waals surface area (Å²) in [6, 6.07) is 10.0. The van der Waals surface area contributed by atoms with Crippen LogP contribution in [0.3, 0.4) is 0 Å². The second-order valence-corrected chi connectivity index (χ2v) is 7.63. The average molecular weight is 365 g/mol. The standard InChI is InChI=1S/C16H17BrN2OS/c1-11-10-14(21-15(11)17)16(20)18-12-4-6-13(7-5-12)19-8-2-3-9-19/h4-7,10H,2-3,8-9H2,1H3,(H,18,20). The van der Waals surface area contributed by atoms with Crippen LogP contribution in [0.25, 0.3) is 0 Å². The van der Waals surface area contributed by atoms with Crippen molar-refractivity contribution in [2.45, 2.75) is 19.8 Å². The van der Waals surface area contributed by atoms with Crippen molar-refractivity contribution >= 4 is 44.5 Å².